The van der Waals surface area contributed by atoms with E-state index in [-0.39, 0.29) is 18.8 Å². The van der Waals surface area contributed by atoms with Crippen LogP contribution in [0.1, 0.15) is 5.56 Å². The van der Waals surface area contributed by atoms with Gasteiger partial charge in [0.25, 0.3) is 0 Å². The summed E-state index contributed by atoms with van der Waals surface area (Å²) in [5.74, 6) is -0.651. The number of esters is 1. The molecule has 0 aliphatic carbocycles. The first-order valence-electron chi connectivity index (χ1n) is 6.35. The van der Waals surface area contributed by atoms with E-state index in [0.717, 1.165) is 21.9 Å². The molecule has 1 saturated heterocycles. The number of halogens is 3. The van der Waals surface area contributed by atoms with Crippen molar-refractivity contribution in [1.82, 2.24) is 4.90 Å². The summed E-state index contributed by atoms with van der Waals surface area (Å²) in [5.41, 5.74) is -1.07. The van der Waals surface area contributed by atoms with Crippen LogP contribution in [-0.2, 0) is 15.7 Å². The molecule has 118 valence electrons. The van der Waals surface area contributed by atoms with Crippen molar-refractivity contribution in [1.29, 1.82) is 0 Å². The Morgan fingerprint density at radius 3 is 2.59 bits per heavy atom. The maximum atomic E-state index is 13.0. The summed E-state index contributed by atoms with van der Waals surface area (Å²) < 4.78 is 43.4. The molecule has 0 spiro atoms. The molecular weight excluding hydrogens is 301 g/mol. The van der Waals surface area contributed by atoms with Gasteiger partial charge in [0.05, 0.1) is 18.4 Å². The molecule has 1 heterocycles. The lowest BCUT2D eigenvalue weighted by Crippen LogP contribution is -2.30. The Morgan fingerprint density at radius 2 is 1.95 bits per heavy atom. The molecule has 5 nitrogen and oxygen atoms in total. The van der Waals surface area contributed by atoms with E-state index in [1.54, 1.807) is 0 Å². The Morgan fingerprint density at radius 1 is 1.27 bits per heavy atom. The van der Waals surface area contributed by atoms with E-state index in [1.807, 2.05) is 0 Å². The Labute approximate surface area is 124 Å². The minimum Gasteiger partial charge on any atom is -0.466 e. The second-order valence-corrected chi connectivity index (χ2v) is 4.48. The van der Waals surface area contributed by atoms with Gasteiger partial charge >= 0.3 is 18.2 Å². The van der Waals surface area contributed by atoms with Crippen LogP contribution in [0.2, 0.25) is 0 Å². The predicted octanol–water partition coefficient (Wildman–Crippen LogP) is 2.63. The van der Waals surface area contributed by atoms with Gasteiger partial charge in [0, 0.05) is 25.4 Å². The number of urea groups is 1. The highest BCUT2D eigenvalue weighted by Gasteiger charge is 2.38. The van der Waals surface area contributed by atoms with Crippen LogP contribution < -0.4 is 4.90 Å². The van der Waals surface area contributed by atoms with Crippen LogP contribution in [0.3, 0.4) is 0 Å². The molecule has 1 aromatic rings. The molecule has 0 N–H and O–H groups in total. The highest BCUT2D eigenvalue weighted by Crippen LogP contribution is 2.37. The summed E-state index contributed by atoms with van der Waals surface area (Å²) in [7, 11) is 1.18. The summed E-state index contributed by atoms with van der Waals surface area (Å²) >= 11 is 0. The van der Waals surface area contributed by atoms with E-state index < -0.39 is 23.7 Å². The van der Waals surface area contributed by atoms with Gasteiger partial charge in [-0.25, -0.2) is 9.59 Å². The standard InChI is InChI=1S/C14H13F3N2O3/c1-22-12(20)6-7-18-8-9-19(13(18)21)11-5-3-2-4-10(11)14(15,16)17/h2-7H,8-9H2,1H3. The molecule has 0 atom stereocenters. The summed E-state index contributed by atoms with van der Waals surface area (Å²) in [5, 5.41) is 0. The van der Waals surface area contributed by atoms with Crippen LogP contribution in [0.25, 0.3) is 0 Å². The van der Waals surface area contributed by atoms with Crippen LogP contribution in [0.4, 0.5) is 23.7 Å². The molecule has 0 unspecified atom stereocenters. The average Bonchev–Trinajstić information content (AvgIpc) is 2.85. The third-order valence-electron chi connectivity index (χ3n) is 3.13. The lowest BCUT2D eigenvalue weighted by molar-refractivity contribution is -0.137. The van der Waals surface area contributed by atoms with Gasteiger partial charge in [0.15, 0.2) is 0 Å². The van der Waals surface area contributed by atoms with Gasteiger partial charge in [0.1, 0.15) is 0 Å². The normalized spacial score (nSPS) is 15.7. The molecule has 0 aromatic heterocycles. The second-order valence-electron chi connectivity index (χ2n) is 4.48. The third kappa shape index (κ3) is 3.21. The monoisotopic (exact) mass is 314 g/mol. The summed E-state index contributed by atoms with van der Waals surface area (Å²) in [4.78, 5) is 25.4. The first-order valence-corrected chi connectivity index (χ1v) is 6.35. The summed E-state index contributed by atoms with van der Waals surface area (Å²) in [6, 6.07) is 4.24. The average molecular weight is 314 g/mol. The van der Waals surface area contributed by atoms with Crippen molar-refractivity contribution in [2.45, 2.75) is 6.18 Å². The number of benzene rings is 1. The van der Waals surface area contributed by atoms with E-state index in [4.69, 9.17) is 0 Å². The molecule has 2 amide bonds. The number of carbonyl (C=O) groups excluding carboxylic acids is 2. The van der Waals surface area contributed by atoms with Crippen molar-refractivity contribution < 1.29 is 27.5 Å². The van der Waals surface area contributed by atoms with Gasteiger partial charge in [-0.2, -0.15) is 13.2 Å². The topological polar surface area (TPSA) is 49.9 Å². The maximum absolute atomic E-state index is 13.0. The molecule has 0 bridgehead atoms. The molecule has 2 rings (SSSR count). The third-order valence-corrected chi connectivity index (χ3v) is 3.13. The molecule has 1 aromatic carbocycles. The minimum absolute atomic E-state index is 0.0947. The zero-order valence-electron chi connectivity index (χ0n) is 11.6. The quantitative estimate of drug-likeness (QED) is 0.636. The first-order chi connectivity index (χ1) is 10.3. The SMILES string of the molecule is COC(=O)C=CN1CCN(c2ccccc2C(F)(F)F)C1=O. The summed E-state index contributed by atoms with van der Waals surface area (Å²) in [6.07, 6.45) is -2.31. The smallest absolute Gasteiger partial charge is 0.418 e. The van der Waals surface area contributed by atoms with E-state index in [2.05, 4.69) is 4.74 Å². The van der Waals surface area contributed by atoms with Crippen molar-refractivity contribution >= 4 is 17.7 Å². The number of carbonyl (C=O) groups is 2. The van der Waals surface area contributed by atoms with Gasteiger partial charge in [-0.3, -0.25) is 9.80 Å². The molecule has 8 heteroatoms. The number of ether oxygens (including phenoxy) is 1. The van der Waals surface area contributed by atoms with Crippen molar-refractivity contribution in [2.75, 3.05) is 25.1 Å². The number of nitrogens with zero attached hydrogens (tertiary/aromatic N) is 2. The zero-order chi connectivity index (χ0) is 16.3. The van der Waals surface area contributed by atoms with E-state index in [9.17, 15) is 22.8 Å². The fourth-order valence-electron chi connectivity index (χ4n) is 2.08. The van der Waals surface area contributed by atoms with Crippen LogP contribution in [0.5, 0.6) is 0 Å². The van der Waals surface area contributed by atoms with Crippen LogP contribution >= 0.6 is 0 Å². The number of amides is 2. The van der Waals surface area contributed by atoms with Gasteiger partial charge in [-0.05, 0) is 12.1 Å². The molecule has 1 fully saturated rings. The van der Waals surface area contributed by atoms with Crippen LogP contribution in [0, 0.1) is 0 Å². The number of hydrogen-bond acceptors (Lipinski definition) is 3. The minimum atomic E-state index is -4.55. The largest absolute Gasteiger partial charge is 0.466 e. The van der Waals surface area contributed by atoms with Crippen molar-refractivity contribution in [2.24, 2.45) is 0 Å². The van der Waals surface area contributed by atoms with Crippen LogP contribution in [-0.4, -0.2) is 37.1 Å². The molecular formula is C14H13F3N2O3. The fourth-order valence-corrected chi connectivity index (χ4v) is 2.08. The van der Waals surface area contributed by atoms with E-state index >= 15 is 0 Å². The van der Waals surface area contributed by atoms with E-state index in [1.165, 1.54) is 31.5 Å². The number of para-hydroxylation sites is 1. The number of hydrogen-bond donors (Lipinski definition) is 0. The van der Waals surface area contributed by atoms with Crippen molar-refractivity contribution in [3.05, 3.63) is 42.1 Å². The predicted molar refractivity (Wildman–Crippen MR) is 72.0 cm³/mol. The Hall–Kier alpha value is -2.51. The number of methoxy groups -OCH3 is 1. The van der Waals surface area contributed by atoms with Gasteiger partial charge in [-0.15, -0.1) is 0 Å². The lowest BCUT2D eigenvalue weighted by Gasteiger charge is -2.20. The first kappa shape index (κ1) is 15.9. The van der Waals surface area contributed by atoms with Gasteiger partial charge in [0.2, 0.25) is 0 Å². The van der Waals surface area contributed by atoms with Crippen molar-refractivity contribution in [3.63, 3.8) is 0 Å². The molecule has 0 radical (unpaired) electrons. The highest BCUT2D eigenvalue weighted by atomic mass is 19.4. The Kier molecular flexibility index (Phi) is 4.39. The molecule has 1 aliphatic heterocycles. The maximum Gasteiger partial charge on any atom is 0.418 e. The Bertz CT molecular complexity index is 614. The zero-order valence-corrected chi connectivity index (χ0v) is 11.6. The van der Waals surface area contributed by atoms with Crippen molar-refractivity contribution in [3.8, 4) is 0 Å². The highest BCUT2D eigenvalue weighted by molar-refractivity contribution is 5.96. The lowest BCUT2D eigenvalue weighted by atomic mass is 10.1. The van der Waals surface area contributed by atoms with Crippen LogP contribution in [0.15, 0.2) is 36.5 Å². The molecule has 1 aliphatic rings. The second kappa shape index (κ2) is 6.08. The fraction of sp³-hybridized carbons (Fsp3) is 0.286. The van der Waals surface area contributed by atoms with E-state index in [0.29, 0.717) is 0 Å². The molecule has 0 saturated carbocycles. The van der Waals surface area contributed by atoms with Gasteiger partial charge in [-0.1, -0.05) is 12.1 Å². The number of rotatable bonds is 3. The molecule has 22 heavy (non-hydrogen) atoms. The number of anilines is 1. The van der Waals surface area contributed by atoms with Gasteiger partial charge < -0.3 is 4.74 Å². The summed E-state index contributed by atoms with van der Waals surface area (Å²) in [6.45, 7) is 0.274. The Balaban J connectivity index is 2.24. The number of alkyl halides is 3.